The van der Waals surface area contributed by atoms with Gasteiger partial charge in [-0.15, -0.1) is 10.2 Å². The highest BCUT2D eigenvalue weighted by atomic mass is 32.2. The molecule has 0 aliphatic carbocycles. The molecule has 0 unspecified atom stereocenters. The van der Waals surface area contributed by atoms with E-state index in [1.807, 2.05) is 34.9 Å². The van der Waals surface area contributed by atoms with Crippen molar-refractivity contribution in [3.63, 3.8) is 0 Å². The third-order valence-electron chi connectivity index (χ3n) is 4.79. The number of carbonyl (C=O) groups excluding carboxylic acids is 1. The second-order valence-corrected chi connectivity index (χ2v) is 8.15. The Bertz CT molecular complexity index is 1320. The Morgan fingerprint density at radius 3 is 2.56 bits per heavy atom. The summed E-state index contributed by atoms with van der Waals surface area (Å²) in [5.74, 6) is 0.425. The second-order valence-electron chi connectivity index (χ2n) is 7.09. The zero-order valence-corrected chi connectivity index (χ0v) is 18.8. The number of nitrogens with zero attached hydrogens (tertiary/aromatic N) is 4. The van der Waals surface area contributed by atoms with Crippen molar-refractivity contribution in [1.29, 1.82) is 5.26 Å². The molecule has 0 aliphatic rings. The van der Waals surface area contributed by atoms with Crippen LogP contribution in [0.1, 0.15) is 17.8 Å². The highest BCUT2D eigenvalue weighted by Gasteiger charge is 2.16. The number of para-hydroxylation sites is 3. The van der Waals surface area contributed by atoms with Crippen molar-refractivity contribution in [3.05, 3.63) is 96.1 Å². The van der Waals surface area contributed by atoms with Gasteiger partial charge in [-0.05, 0) is 36.4 Å². The molecule has 1 heterocycles. The minimum atomic E-state index is -0.452. The molecule has 0 saturated heterocycles. The van der Waals surface area contributed by atoms with E-state index in [1.54, 1.807) is 42.5 Å². The summed E-state index contributed by atoms with van der Waals surface area (Å²) in [6, 6.07) is 24.6. The molecule has 0 bridgehead atoms. The van der Waals surface area contributed by atoms with E-state index in [-0.39, 0.29) is 24.7 Å². The summed E-state index contributed by atoms with van der Waals surface area (Å²) in [5.41, 5.74) is 1.72. The van der Waals surface area contributed by atoms with E-state index in [4.69, 9.17) is 4.74 Å². The van der Waals surface area contributed by atoms with Gasteiger partial charge in [0.15, 0.2) is 22.5 Å². The summed E-state index contributed by atoms with van der Waals surface area (Å²) in [6.45, 7) is 0.0226. The number of hydrogen-bond donors (Lipinski definition) is 1. The quantitative estimate of drug-likeness (QED) is 0.345. The van der Waals surface area contributed by atoms with Gasteiger partial charge >= 0.3 is 0 Å². The number of benzene rings is 3. The number of amides is 1. The normalized spacial score (nSPS) is 10.5. The Kier molecular flexibility index (Phi) is 7.53. The number of hydrogen-bond acceptors (Lipinski definition) is 6. The zero-order chi connectivity index (χ0) is 23.8. The Morgan fingerprint density at radius 2 is 1.76 bits per heavy atom. The van der Waals surface area contributed by atoms with Crippen LogP contribution in [0.4, 0.5) is 10.1 Å². The van der Waals surface area contributed by atoms with Crippen molar-refractivity contribution in [2.75, 3.05) is 11.1 Å². The van der Waals surface area contributed by atoms with Crippen LogP contribution in [0.15, 0.2) is 84.0 Å². The van der Waals surface area contributed by atoms with Crippen molar-refractivity contribution in [2.45, 2.75) is 18.2 Å². The Balaban J connectivity index is 1.44. The van der Waals surface area contributed by atoms with Crippen LogP contribution in [0, 0.1) is 17.1 Å². The predicted octanol–water partition coefficient (Wildman–Crippen LogP) is 4.98. The van der Waals surface area contributed by atoms with Crippen molar-refractivity contribution < 1.29 is 13.9 Å². The maximum Gasteiger partial charge on any atom is 0.225 e. The lowest BCUT2D eigenvalue weighted by atomic mass is 10.2. The molecule has 0 spiro atoms. The molecule has 0 aliphatic heterocycles. The summed E-state index contributed by atoms with van der Waals surface area (Å²) in [7, 11) is 0. The smallest absolute Gasteiger partial charge is 0.225 e. The number of nitrogens with one attached hydrogen (secondary N) is 1. The molecule has 0 saturated carbocycles. The van der Waals surface area contributed by atoms with E-state index in [2.05, 4.69) is 21.6 Å². The van der Waals surface area contributed by atoms with Gasteiger partial charge in [-0.1, -0.05) is 54.2 Å². The van der Waals surface area contributed by atoms with Crippen molar-refractivity contribution >= 4 is 23.4 Å². The average molecular weight is 474 g/mol. The first-order valence-corrected chi connectivity index (χ1v) is 11.4. The van der Waals surface area contributed by atoms with Gasteiger partial charge in [0.2, 0.25) is 5.91 Å². The lowest BCUT2D eigenvalue weighted by Crippen LogP contribution is -2.13. The van der Waals surface area contributed by atoms with Crippen LogP contribution >= 0.6 is 11.8 Å². The van der Waals surface area contributed by atoms with Crippen molar-refractivity contribution in [2.24, 2.45) is 0 Å². The molecule has 0 atom stereocenters. The van der Waals surface area contributed by atoms with E-state index in [0.29, 0.717) is 28.0 Å². The lowest BCUT2D eigenvalue weighted by Gasteiger charge is -2.11. The number of anilines is 1. The summed E-state index contributed by atoms with van der Waals surface area (Å²) in [4.78, 5) is 12.4. The SMILES string of the molecule is N#Cc1ccccc1NC(=O)CCSc1nnc(COc2ccccc2F)n1-c1ccccc1. The van der Waals surface area contributed by atoms with Gasteiger partial charge in [-0.25, -0.2) is 4.39 Å². The van der Waals surface area contributed by atoms with Gasteiger partial charge in [0.1, 0.15) is 12.7 Å². The highest BCUT2D eigenvalue weighted by Crippen LogP contribution is 2.24. The van der Waals surface area contributed by atoms with Gasteiger partial charge in [0.25, 0.3) is 0 Å². The molecular weight excluding hydrogens is 453 g/mol. The highest BCUT2D eigenvalue weighted by molar-refractivity contribution is 7.99. The molecule has 4 rings (SSSR count). The fraction of sp³-hybridized carbons (Fsp3) is 0.120. The molecular formula is C25H20FN5O2S. The second kappa shape index (κ2) is 11.1. The minimum Gasteiger partial charge on any atom is -0.483 e. The minimum absolute atomic E-state index is 0.0226. The maximum absolute atomic E-state index is 13.9. The molecule has 7 nitrogen and oxygen atoms in total. The summed E-state index contributed by atoms with van der Waals surface area (Å²) in [5, 5.41) is 21.0. The largest absolute Gasteiger partial charge is 0.483 e. The van der Waals surface area contributed by atoms with Crippen molar-refractivity contribution in [3.8, 4) is 17.5 Å². The van der Waals surface area contributed by atoms with E-state index in [9.17, 15) is 14.4 Å². The molecule has 3 aromatic carbocycles. The molecule has 0 radical (unpaired) electrons. The average Bonchev–Trinajstić information content (AvgIpc) is 3.27. The van der Waals surface area contributed by atoms with E-state index >= 15 is 0 Å². The van der Waals surface area contributed by atoms with Gasteiger partial charge < -0.3 is 10.1 Å². The van der Waals surface area contributed by atoms with Crippen LogP contribution in [0.3, 0.4) is 0 Å². The number of halogens is 1. The monoisotopic (exact) mass is 473 g/mol. The number of rotatable bonds is 9. The third kappa shape index (κ3) is 5.60. The molecule has 1 aromatic heterocycles. The van der Waals surface area contributed by atoms with E-state index in [0.717, 1.165) is 5.69 Å². The fourth-order valence-corrected chi connectivity index (χ4v) is 4.07. The van der Waals surface area contributed by atoms with Gasteiger partial charge in [-0.2, -0.15) is 5.26 Å². The molecule has 9 heteroatoms. The van der Waals surface area contributed by atoms with Crippen LogP contribution in [-0.2, 0) is 11.4 Å². The van der Waals surface area contributed by atoms with Gasteiger partial charge in [-0.3, -0.25) is 9.36 Å². The number of ether oxygens (including phenoxy) is 1. The fourth-order valence-electron chi connectivity index (χ4n) is 3.17. The summed E-state index contributed by atoms with van der Waals surface area (Å²) >= 11 is 1.37. The number of nitriles is 1. The Morgan fingerprint density at radius 1 is 1.03 bits per heavy atom. The van der Waals surface area contributed by atoms with Crippen LogP contribution in [0.5, 0.6) is 5.75 Å². The Labute approximate surface area is 200 Å². The van der Waals surface area contributed by atoms with Crippen LogP contribution < -0.4 is 10.1 Å². The van der Waals surface area contributed by atoms with Crippen LogP contribution in [-0.4, -0.2) is 26.4 Å². The standard InChI is InChI=1S/C25H20FN5O2S/c26-20-11-5-7-13-22(20)33-17-23-29-30-25(31(23)19-9-2-1-3-10-19)34-15-14-24(32)28-21-12-6-4-8-18(21)16-27/h1-13H,14-15,17H2,(H,28,32). The molecule has 170 valence electrons. The van der Waals surface area contributed by atoms with Gasteiger partial charge in [0, 0.05) is 17.9 Å². The maximum atomic E-state index is 13.9. The zero-order valence-electron chi connectivity index (χ0n) is 18.0. The number of thioether (sulfide) groups is 1. The first kappa shape index (κ1) is 23.0. The van der Waals surface area contributed by atoms with Crippen LogP contribution in [0.25, 0.3) is 5.69 Å². The Hall–Kier alpha value is -4.16. The first-order valence-electron chi connectivity index (χ1n) is 10.4. The van der Waals surface area contributed by atoms with E-state index < -0.39 is 5.82 Å². The number of aromatic nitrogens is 3. The predicted molar refractivity (Wildman–Crippen MR) is 127 cm³/mol. The van der Waals surface area contributed by atoms with Crippen LogP contribution in [0.2, 0.25) is 0 Å². The molecule has 4 aromatic rings. The molecule has 0 fully saturated rings. The molecule has 1 N–H and O–H groups in total. The summed E-state index contributed by atoms with van der Waals surface area (Å²) < 4.78 is 21.4. The van der Waals surface area contributed by atoms with Crippen molar-refractivity contribution in [1.82, 2.24) is 14.8 Å². The number of carbonyl (C=O) groups is 1. The van der Waals surface area contributed by atoms with E-state index in [1.165, 1.54) is 17.8 Å². The van der Waals surface area contributed by atoms with Gasteiger partial charge in [0.05, 0.1) is 11.3 Å². The summed E-state index contributed by atoms with van der Waals surface area (Å²) in [6.07, 6.45) is 0.215. The first-order chi connectivity index (χ1) is 16.7. The topological polar surface area (TPSA) is 92.8 Å². The molecule has 1 amide bonds. The molecule has 34 heavy (non-hydrogen) atoms. The third-order valence-corrected chi connectivity index (χ3v) is 5.72. The lowest BCUT2D eigenvalue weighted by molar-refractivity contribution is -0.115.